The summed E-state index contributed by atoms with van der Waals surface area (Å²) in [6.45, 7) is 1.67. The van der Waals surface area contributed by atoms with Crippen LogP contribution in [0.5, 0.6) is 5.75 Å². The number of hydrogen-bond donors (Lipinski definition) is 2. The molecular weight excluding hydrogens is 345 g/mol. The van der Waals surface area contributed by atoms with Crippen LogP contribution in [0, 0.1) is 12.7 Å². The summed E-state index contributed by atoms with van der Waals surface area (Å²) in [7, 11) is -4.10. The van der Waals surface area contributed by atoms with Crippen molar-refractivity contribution in [2.45, 2.75) is 11.8 Å². The van der Waals surface area contributed by atoms with Crippen molar-refractivity contribution in [3.63, 3.8) is 0 Å². The number of benzene rings is 2. The molecule has 0 aliphatic heterocycles. The number of rotatable bonds is 4. The Morgan fingerprint density at radius 1 is 1.08 bits per heavy atom. The second kappa shape index (κ2) is 6.48. The zero-order chi connectivity index (χ0) is 18.0. The third-order valence-electron chi connectivity index (χ3n) is 3.38. The van der Waals surface area contributed by atoms with E-state index in [9.17, 15) is 17.9 Å². The number of sulfonamides is 1. The van der Waals surface area contributed by atoms with E-state index in [1.807, 2.05) is 0 Å². The van der Waals surface area contributed by atoms with Crippen molar-refractivity contribution in [2.75, 3.05) is 4.72 Å². The van der Waals surface area contributed by atoms with Gasteiger partial charge in [-0.25, -0.2) is 22.8 Å². The number of phenols is 1. The van der Waals surface area contributed by atoms with Crippen molar-refractivity contribution < 1.29 is 17.9 Å². The summed E-state index contributed by atoms with van der Waals surface area (Å²) >= 11 is 0. The molecule has 3 rings (SSSR count). The molecule has 0 aliphatic rings. The van der Waals surface area contributed by atoms with Crippen LogP contribution in [-0.2, 0) is 10.0 Å². The maximum absolute atomic E-state index is 13.8. The van der Waals surface area contributed by atoms with Crippen LogP contribution in [0.3, 0.4) is 0 Å². The number of hydrogen-bond acceptors (Lipinski definition) is 5. The lowest BCUT2D eigenvalue weighted by atomic mass is 10.2. The standard InChI is InChI=1S/C17H14FN3O3S/c1-11-5-6-15(18)16(7-11)25(23,24)21-13-9-19-17(20-10-13)12-3-2-4-14(22)8-12/h2-10,21-22H,1H3. The average molecular weight is 359 g/mol. The molecule has 2 N–H and O–H groups in total. The Bertz CT molecular complexity index is 1020. The van der Waals surface area contributed by atoms with E-state index in [-0.39, 0.29) is 11.4 Å². The van der Waals surface area contributed by atoms with Crippen LogP contribution in [0.2, 0.25) is 0 Å². The van der Waals surface area contributed by atoms with Crippen molar-refractivity contribution >= 4 is 15.7 Å². The first-order valence-corrected chi connectivity index (χ1v) is 8.74. The SMILES string of the molecule is Cc1ccc(F)c(S(=O)(=O)Nc2cnc(-c3cccc(O)c3)nc2)c1. The highest BCUT2D eigenvalue weighted by Crippen LogP contribution is 2.22. The van der Waals surface area contributed by atoms with Crippen LogP contribution in [0.15, 0.2) is 59.8 Å². The topological polar surface area (TPSA) is 92.2 Å². The summed E-state index contributed by atoms with van der Waals surface area (Å²) in [5, 5.41) is 9.47. The third kappa shape index (κ3) is 3.74. The van der Waals surface area contributed by atoms with Gasteiger partial charge in [-0.1, -0.05) is 18.2 Å². The van der Waals surface area contributed by atoms with Gasteiger partial charge in [0.1, 0.15) is 16.5 Å². The molecule has 25 heavy (non-hydrogen) atoms. The highest BCUT2D eigenvalue weighted by molar-refractivity contribution is 7.92. The minimum absolute atomic E-state index is 0.0702. The van der Waals surface area contributed by atoms with E-state index < -0.39 is 20.7 Å². The Morgan fingerprint density at radius 3 is 2.48 bits per heavy atom. The highest BCUT2D eigenvalue weighted by atomic mass is 32.2. The normalized spacial score (nSPS) is 11.3. The molecule has 0 bridgehead atoms. The lowest BCUT2D eigenvalue weighted by Gasteiger charge is -2.09. The summed E-state index contributed by atoms with van der Waals surface area (Å²) in [5.41, 5.74) is 1.31. The molecular formula is C17H14FN3O3S. The van der Waals surface area contributed by atoms with E-state index in [1.54, 1.807) is 19.1 Å². The molecule has 0 amide bonds. The van der Waals surface area contributed by atoms with Gasteiger partial charge in [0.15, 0.2) is 5.82 Å². The predicted octanol–water partition coefficient (Wildman–Crippen LogP) is 3.10. The number of nitrogens with one attached hydrogen (secondary N) is 1. The van der Waals surface area contributed by atoms with Gasteiger partial charge in [0.05, 0.1) is 18.1 Å². The van der Waals surface area contributed by atoms with Gasteiger partial charge in [-0.2, -0.15) is 0 Å². The van der Waals surface area contributed by atoms with Crippen LogP contribution in [0.4, 0.5) is 10.1 Å². The van der Waals surface area contributed by atoms with E-state index in [1.165, 1.54) is 36.7 Å². The first-order valence-electron chi connectivity index (χ1n) is 7.25. The number of aromatic nitrogens is 2. The second-order valence-corrected chi connectivity index (χ2v) is 7.04. The molecule has 0 spiro atoms. The molecule has 0 saturated heterocycles. The molecule has 1 aromatic heterocycles. The molecule has 3 aromatic rings. The van der Waals surface area contributed by atoms with E-state index in [2.05, 4.69) is 14.7 Å². The number of aryl methyl sites for hydroxylation is 1. The van der Waals surface area contributed by atoms with Gasteiger partial charge in [-0.05, 0) is 36.8 Å². The zero-order valence-electron chi connectivity index (χ0n) is 13.1. The quantitative estimate of drug-likeness (QED) is 0.747. The maximum atomic E-state index is 13.8. The Kier molecular flexibility index (Phi) is 4.37. The fourth-order valence-electron chi connectivity index (χ4n) is 2.20. The Morgan fingerprint density at radius 2 is 1.80 bits per heavy atom. The lowest BCUT2D eigenvalue weighted by molar-refractivity contribution is 0.475. The lowest BCUT2D eigenvalue weighted by Crippen LogP contribution is -2.15. The van der Waals surface area contributed by atoms with Gasteiger partial charge < -0.3 is 5.11 Å². The maximum Gasteiger partial charge on any atom is 0.264 e. The average Bonchev–Trinajstić information content (AvgIpc) is 2.57. The van der Waals surface area contributed by atoms with Gasteiger partial charge in [0.25, 0.3) is 10.0 Å². The summed E-state index contributed by atoms with van der Waals surface area (Å²) < 4.78 is 40.7. The van der Waals surface area contributed by atoms with Crippen molar-refractivity contribution in [1.29, 1.82) is 0 Å². The zero-order valence-corrected chi connectivity index (χ0v) is 14.0. The number of aromatic hydroxyl groups is 1. The Labute approximate surface area is 144 Å². The minimum atomic E-state index is -4.10. The molecule has 1 heterocycles. The van der Waals surface area contributed by atoms with Gasteiger partial charge in [-0.15, -0.1) is 0 Å². The number of anilines is 1. The smallest absolute Gasteiger partial charge is 0.264 e. The molecule has 0 atom stereocenters. The van der Waals surface area contributed by atoms with Crippen molar-refractivity contribution in [3.8, 4) is 17.1 Å². The molecule has 2 aromatic carbocycles. The van der Waals surface area contributed by atoms with Gasteiger partial charge >= 0.3 is 0 Å². The molecule has 0 saturated carbocycles. The number of phenolic OH excluding ortho intramolecular Hbond substituents is 1. The Balaban J connectivity index is 1.87. The van der Waals surface area contributed by atoms with Crippen molar-refractivity contribution in [3.05, 3.63) is 66.2 Å². The summed E-state index contributed by atoms with van der Waals surface area (Å²) in [4.78, 5) is 7.69. The molecule has 8 heteroatoms. The molecule has 6 nitrogen and oxygen atoms in total. The monoisotopic (exact) mass is 359 g/mol. The van der Waals surface area contributed by atoms with Crippen LogP contribution in [-0.4, -0.2) is 23.5 Å². The highest BCUT2D eigenvalue weighted by Gasteiger charge is 2.19. The van der Waals surface area contributed by atoms with Crippen LogP contribution in [0.25, 0.3) is 11.4 Å². The molecule has 0 aliphatic carbocycles. The van der Waals surface area contributed by atoms with E-state index in [0.717, 1.165) is 6.07 Å². The molecule has 128 valence electrons. The largest absolute Gasteiger partial charge is 0.508 e. The van der Waals surface area contributed by atoms with Gasteiger partial charge in [0.2, 0.25) is 0 Å². The van der Waals surface area contributed by atoms with Gasteiger partial charge in [-0.3, -0.25) is 4.72 Å². The first-order chi connectivity index (χ1) is 11.8. The predicted molar refractivity (Wildman–Crippen MR) is 91.1 cm³/mol. The number of halogens is 1. The third-order valence-corrected chi connectivity index (χ3v) is 4.78. The van der Waals surface area contributed by atoms with Crippen molar-refractivity contribution in [2.24, 2.45) is 0 Å². The fraction of sp³-hybridized carbons (Fsp3) is 0.0588. The van der Waals surface area contributed by atoms with Gasteiger partial charge in [0, 0.05) is 5.56 Å². The van der Waals surface area contributed by atoms with E-state index in [4.69, 9.17) is 0 Å². The van der Waals surface area contributed by atoms with E-state index in [0.29, 0.717) is 17.0 Å². The van der Waals surface area contributed by atoms with Crippen LogP contribution in [0.1, 0.15) is 5.56 Å². The summed E-state index contributed by atoms with van der Waals surface area (Å²) in [6.07, 6.45) is 2.55. The Hall–Kier alpha value is -3.00. The summed E-state index contributed by atoms with van der Waals surface area (Å²) in [5.74, 6) is -0.447. The van der Waals surface area contributed by atoms with E-state index >= 15 is 0 Å². The summed E-state index contributed by atoms with van der Waals surface area (Å²) in [6, 6.07) is 10.2. The van der Waals surface area contributed by atoms with Crippen LogP contribution >= 0.6 is 0 Å². The number of nitrogens with zero attached hydrogens (tertiary/aromatic N) is 2. The fourth-order valence-corrected chi connectivity index (χ4v) is 3.39. The molecule has 0 unspecified atom stereocenters. The molecule has 0 fully saturated rings. The van der Waals surface area contributed by atoms with Crippen molar-refractivity contribution in [1.82, 2.24) is 9.97 Å². The van der Waals surface area contributed by atoms with Crippen LogP contribution < -0.4 is 4.72 Å². The minimum Gasteiger partial charge on any atom is -0.508 e. The first kappa shape index (κ1) is 16.8. The second-order valence-electron chi connectivity index (χ2n) is 5.39. The molecule has 0 radical (unpaired) electrons.